The van der Waals surface area contributed by atoms with E-state index in [1.807, 2.05) is 31.2 Å². The van der Waals surface area contributed by atoms with Crippen molar-refractivity contribution in [3.63, 3.8) is 0 Å². The molecule has 0 saturated carbocycles. The maximum atomic E-state index is 12.3. The average molecular weight is 304 g/mol. The fourth-order valence-corrected chi connectivity index (χ4v) is 2.66. The smallest absolute Gasteiger partial charge is 0.227 e. The molecule has 0 spiro atoms. The number of aliphatic hydroxyl groups excluding tert-OH is 1. The first kappa shape index (κ1) is 16.5. The summed E-state index contributed by atoms with van der Waals surface area (Å²) in [4.78, 5) is 26.3. The van der Waals surface area contributed by atoms with Gasteiger partial charge in [-0.1, -0.05) is 25.1 Å². The van der Waals surface area contributed by atoms with Gasteiger partial charge >= 0.3 is 0 Å². The van der Waals surface area contributed by atoms with Crippen molar-refractivity contribution < 1.29 is 14.7 Å². The minimum atomic E-state index is -0.672. The molecule has 2 amide bonds. The zero-order chi connectivity index (χ0) is 16.3. The van der Waals surface area contributed by atoms with Crippen molar-refractivity contribution in [1.29, 1.82) is 0 Å². The minimum Gasteiger partial charge on any atom is -0.394 e. The summed E-state index contributed by atoms with van der Waals surface area (Å²) in [6, 6.07) is 7.79. The molecular weight excluding hydrogens is 280 g/mol. The molecule has 0 radical (unpaired) electrons. The maximum absolute atomic E-state index is 12.3. The average Bonchev–Trinajstić information content (AvgIpc) is 2.89. The molecule has 1 saturated heterocycles. The lowest BCUT2D eigenvalue weighted by atomic mass is 10.0. The molecule has 1 aromatic carbocycles. The zero-order valence-corrected chi connectivity index (χ0v) is 13.4. The lowest BCUT2D eigenvalue weighted by Crippen LogP contribution is -2.49. The van der Waals surface area contributed by atoms with Crippen LogP contribution < -0.4 is 10.2 Å². The van der Waals surface area contributed by atoms with E-state index >= 15 is 0 Å². The van der Waals surface area contributed by atoms with Gasteiger partial charge in [-0.3, -0.25) is 9.59 Å². The number of carbonyl (C=O) groups is 2. The van der Waals surface area contributed by atoms with Crippen LogP contribution in [0.5, 0.6) is 0 Å². The Balaban J connectivity index is 2.12. The molecule has 5 nitrogen and oxygen atoms in total. The summed E-state index contributed by atoms with van der Waals surface area (Å²) in [6.45, 7) is 5.82. The topological polar surface area (TPSA) is 69.6 Å². The summed E-state index contributed by atoms with van der Waals surface area (Å²) in [5, 5.41) is 12.0. The molecular formula is C17H24N2O3. The standard InChI is InChI=1S/C17H24N2O3/c1-4-12-7-5-6-8-14(12)19-10-13(9-15(19)21)16(22)18-17(2,3)11-20/h5-8,13,20H,4,9-11H2,1-3H3,(H,18,22). The lowest BCUT2D eigenvalue weighted by Gasteiger charge is -2.25. The van der Waals surface area contributed by atoms with Gasteiger partial charge < -0.3 is 15.3 Å². The number of rotatable bonds is 5. The van der Waals surface area contributed by atoms with Gasteiger partial charge in [0.2, 0.25) is 11.8 Å². The number of anilines is 1. The molecule has 1 heterocycles. The number of benzene rings is 1. The summed E-state index contributed by atoms with van der Waals surface area (Å²) in [5.74, 6) is -0.574. The third-order valence-corrected chi connectivity index (χ3v) is 4.02. The van der Waals surface area contributed by atoms with Crippen LogP contribution in [0.4, 0.5) is 5.69 Å². The van der Waals surface area contributed by atoms with E-state index in [1.54, 1.807) is 18.7 Å². The Kier molecular flexibility index (Phi) is 4.86. The van der Waals surface area contributed by atoms with Crippen LogP contribution in [0.1, 0.15) is 32.8 Å². The summed E-state index contributed by atoms with van der Waals surface area (Å²) in [6.07, 6.45) is 1.06. The fraction of sp³-hybridized carbons (Fsp3) is 0.529. The van der Waals surface area contributed by atoms with Crippen LogP contribution in [0.25, 0.3) is 0 Å². The highest BCUT2D eigenvalue weighted by molar-refractivity contribution is 6.00. The highest BCUT2D eigenvalue weighted by atomic mass is 16.3. The summed E-state index contributed by atoms with van der Waals surface area (Å²) in [5.41, 5.74) is 1.33. The number of nitrogens with one attached hydrogen (secondary N) is 1. The number of hydrogen-bond donors (Lipinski definition) is 2. The lowest BCUT2D eigenvalue weighted by molar-refractivity contribution is -0.128. The summed E-state index contributed by atoms with van der Waals surface area (Å²) < 4.78 is 0. The van der Waals surface area contributed by atoms with Crippen LogP contribution in [0, 0.1) is 5.92 Å². The minimum absolute atomic E-state index is 0.0251. The van der Waals surface area contributed by atoms with Gasteiger partial charge in [-0.2, -0.15) is 0 Å². The van der Waals surface area contributed by atoms with Gasteiger partial charge in [-0.15, -0.1) is 0 Å². The Morgan fingerprint density at radius 1 is 1.41 bits per heavy atom. The molecule has 0 aromatic heterocycles. The van der Waals surface area contributed by atoms with E-state index < -0.39 is 5.54 Å². The molecule has 1 aliphatic heterocycles. The third-order valence-electron chi connectivity index (χ3n) is 4.02. The summed E-state index contributed by atoms with van der Waals surface area (Å²) in [7, 11) is 0. The van der Waals surface area contributed by atoms with Crippen LogP contribution in [-0.2, 0) is 16.0 Å². The Morgan fingerprint density at radius 2 is 2.09 bits per heavy atom. The highest BCUT2D eigenvalue weighted by Crippen LogP contribution is 2.28. The number of amides is 2. The molecule has 120 valence electrons. The first-order chi connectivity index (χ1) is 10.4. The first-order valence-electron chi connectivity index (χ1n) is 7.69. The van der Waals surface area contributed by atoms with Gasteiger partial charge in [0.1, 0.15) is 0 Å². The van der Waals surface area contributed by atoms with Crippen molar-refractivity contribution in [1.82, 2.24) is 5.32 Å². The molecule has 1 unspecified atom stereocenters. The van der Waals surface area contributed by atoms with Crippen LogP contribution >= 0.6 is 0 Å². The van der Waals surface area contributed by atoms with Gasteiger partial charge in [-0.25, -0.2) is 0 Å². The fourth-order valence-electron chi connectivity index (χ4n) is 2.66. The molecule has 5 heteroatoms. The van der Waals surface area contributed by atoms with Gasteiger partial charge in [0.15, 0.2) is 0 Å². The van der Waals surface area contributed by atoms with Crippen molar-refractivity contribution in [2.45, 2.75) is 39.2 Å². The van der Waals surface area contributed by atoms with E-state index in [1.165, 1.54) is 0 Å². The molecule has 0 aliphatic carbocycles. The molecule has 22 heavy (non-hydrogen) atoms. The number of aliphatic hydroxyl groups is 1. The monoisotopic (exact) mass is 304 g/mol. The Labute approximate surface area is 131 Å². The van der Waals surface area contributed by atoms with E-state index in [2.05, 4.69) is 5.32 Å². The second-order valence-electron chi connectivity index (χ2n) is 6.42. The second kappa shape index (κ2) is 6.48. The third kappa shape index (κ3) is 3.47. The van der Waals surface area contributed by atoms with Crippen LogP contribution in [0.3, 0.4) is 0 Å². The van der Waals surface area contributed by atoms with Crippen LogP contribution in [-0.4, -0.2) is 35.6 Å². The van der Waals surface area contributed by atoms with Crippen LogP contribution in [0.15, 0.2) is 24.3 Å². The molecule has 1 fully saturated rings. The van der Waals surface area contributed by atoms with Gasteiger partial charge in [0.05, 0.1) is 18.1 Å². The molecule has 1 aliphatic rings. The largest absolute Gasteiger partial charge is 0.394 e. The Hall–Kier alpha value is -1.88. The normalized spacial score (nSPS) is 18.6. The van der Waals surface area contributed by atoms with Crippen molar-refractivity contribution in [3.8, 4) is 0 Å². The van der Waals surface area contributed by atoms with Gasteiger partial charge in [0.25, 0.3) is 0 Å². The van der Waals surface area contributed by atoms with Crippen molar-refractivity contribution in [2.24, 2.45) is 5.92 Å². The Bertz CT molecular complexity index is 569. The predicted octanol–water partition coefficient (Wildman–Crippen LogP) is 1.49. The number of hydrogen-bond acceptors (Lipinski definition) is 3. The van der Waals surface area contributed by atoms with Gasteiger partial charge in [-0.05, 0) is 31.9 Å². The van der Waals surface area contributed by atoms with Crippen molar-refractivity contribution in [3.05, 3.63) is 29.8 Å². The van der Waals surface area contributed by atoms with E-state index in [-0.39, 0.29) is 30.8 Å². The zero-order valence-electron chi connectivity index (χ0n) is 13.4. The van der Waals surface area contributed by atoms with Crippen molar-refractivity contribution >= 4 is 17.5 Å². The van der Waals surface area contributed by atoms with E-state index in [9.17, 15) is 14.7 Å². The number of nitrogens with zero attached hydrogens (tertiary/aromatic N) is 1. The molecule has 1 atom stereocenters. The van der Waals surface area contributed by atoms with E-state index in [4.69, 9.17) is 0 Å². The molecule has 1 aromatic rings. The predicted molar refractivity (Wildman–Crippen MR) is 85.6 cm³/mol. The highest BCUT2D eigenvalue weighted by Gasteiger charge is 2.37. The Morgan fingerprint density at radius 3 is 2.73 bits per heavy atom. The van der Waals surface area contributed by atoms with E-state index in [0.717, 1.165) is 17.7 Å². The SMILES string of the molecule is CCc1ccccc1N1CC(C(=O)NC(C)(C)CO)CC1=O. The van der Waals surface area contributed by atoms with Crippen LogP contribution in [0.2, 0.25) is 0 Å². The molecule has 2 rings (SSSR count). The molecule has 0 bridgehead atoms. The number of carbonyl (C=O) groups excluding carboxylic acids is 2. The molecule has 2 N–H and O–H groups in total. The quantitative estimate of drug-likeness (QED) is 0.866. The van der Waals surface area contributed by atoms with E-state index in [0.29, 0.717) is 6.54 Å². The number of para-hydroxylation sites is 1. The maximum Gasteiger partial charge on any atom is 0.227 e. The van der Waals surface area contributed by atoms with Crippen molar-refractivity contribution in [2.75, 3.05) is 18.1 Å². The van der Waals surface area contributed by atoms with Gasteiger partial charge in [0, 0.05) is 18.7 Å². The first-order valence-corrected chi connectivity index (χ1v) is 7.69. The second-order valence-corrected chi connectivity index (χ2v) is 6.42. The summed E-state index contributed by atoms with van der Waals surface area (Å²) >= 11 is 0. The number of aryl methyl sites for hydroxylation is 1.